The van der Waals surface area contributed by atoms with Crippen molar-refractivity contribution in [2.24, 2.45) is 68.0 Å². The second-order valence-electron chi connectivity index (χ2n) is 21.6. The van der Waals surface area contributed by atoms with Crippen LogP contribution in [-0.2, 0) is 23.9 Å². The number of ether oxygens (including phenoxy) is 1. The average Bonchev–Trinajstić information content (AvgIpc) is 3.52. The summed E-state index contributed by atoms with van der Waals surface area (Å²) in [6.07, 6.45) is 14.0. The summed E-state index contributed by atoms with van der Waals surface area (Å²) < 4.78 is 6.06. The predicted molar refractivity (Wildman–Crippen MR) is 210 cm³/mol. The van der Waals surface area contributed by atoms with Crippen molar-refractivity contribution in [3.05, 3.63) is 12.2 Å². The minimum atomic E-state index is -0.970. The maximum atomic E-state index is 15.0. The zero-order valence-corrected chi connectivity index (χ0v) is 35.0. The number of amides is 2. The fraction of sp³-hybridized carbons (Fsp3) is 0.870. The second-order valence-corrected chi connectivity index (χ2v) is 21.6. The minimum Gasteiger partial charge on any atom is -0.481 e. The number of carbonyl (C=O) groups excluding carboxylic acids is 3. The number of carboxylic acids is 1. The summed E-state index contributed by atoms with van der Waals surface area (Å²) in [6, 6.07) is 0.0226. The SMILES string of the molecule is C=C(C)[C@@H]1CC[C@]2(C(=O)NC3C[C@@H](C(=O)N4CCCCC4)C3(C)C)CC[C@]3(C)[C@H](CC[C@@H]4[C@@]5(C)CC[C@H](OC(=O)CCC(=O)O)C(C)(C)[C@@H]5CC[C@]43C)[C@@H]12. The lowest BCUT2D eigenvalue weighted by molar-refractivity contribution is -0.249. The van der Waals surface area contributed by atoms with Gasteiger partial charge in [0.2, 0.25) is 11.8 Å². The summed E-state index contributed by atoms with van der Waals surface area (Å²) in [5, 5.41) is 12.8. The molecule has 12 atom stereocenters. The normalized spacial score (nSPS) is 44.6. The van der Waals surface area contributed by atoms with Gasteiger partial charge in [0.15, 0.2) is 0 Å². The number of nitrogens with zero attached hydrogens (tertiary/aromatic N) is 1. The van der Waals surface area contributed by atoms with Crippen LogP contribution in [0.25, 0.3) is 0 Å². The molecule has 6 saturated carbocycles. The van der Waals surface area contributed by atoms with Crippen molar-refractivity contribution in [2.75, 3.05) is 13.1 Å². The summed E-state index contributed by atoms with van der Waals surface area (Å²) >= 11 is 0. The van der Waals surface area contributed by atoms with E-state index in [4.69, 9.17) is 9.84 Å². The Hall–Kier alpha value is -2.38. The van der Waals surface area contributed by atoms with Crippen LogP contribution in [0.1, 0.15) is 158 Å². The van der Waals surface area contributed by atoms with E-state index >= 15 is 0 Å². The molecule has 7 rings (SSSR count). The molecule has 1 unspecified atom stereocenters. The van der Waals surface area contributed by atoms with Crippen molar-refractivity contribution in [2.45, 2.75) is 170 Å². The van der Waals surface area contributed by atoms with Gasteiger partial charge in [0.05, 0.1) is 18.3 Å². The van der Waals surface area contributed by atoms with Crippen LogP contribution in [0.15, 0.2) is 12.2 Å². The van der Waals surface area contributed by atoms with E-state index in [9.17, 15) is 19.2 Å². The number of fused-ring (bicyclic) bond motifs is 7. The second kappa shape index (κ2) is 13.6. The number of hydrogen-bond donors (Lipinski definition) is 2. The predicted octanol–water partition coefficient (Wildman–Crippen LogP) is 8.96. The van der Waals surface area contributed by atoms with Gasteiger partial charge in [0.25, 0.3) is 0 Å². The van der Waals surface area contributed by atoms with E-state index in [1.807, 2.05) is 0 Å². The van der Waals surface area contributed by atoms with E-state index in [1.54, 1.807) is 0 Å². The standard InChI is InChI=1S/C46H72N2O6/c1-28(2)29-17-22-46(40(53)47-34-27-31(41(34,3)4)39(52)48-25-11-10-12-26-48)24-23-44(8)30(38(29)46)13-14-33-43(7)20-19-35(54-37(51)16-15-36(49)50)42(5,6)32(43)18-21-45(33,44)9/h29-35,38H,1,10-27H2,2-9H3,(H,47,53)(H,49,50)/t29-,30+,31-,32-,33+,34?,35-,38+,43-,44+,45+,46-/m0/s1. The summed E-state index contributed by atoms with van der Waals surface area (Å²) in [6.45, 7) is 25.2. The number of carboxylic acid groups (broad SMARTS) is 1. The van der Waals surface area contributed by atoms with Gasteiger partial charge in [-0.1, -0.05) is 60.6 Å². The van der Waals surface area contributed by atoms with Gasteiger partial charge >= 0.3 is 11.9 Å². The number of piperidine rings is 1. The molecule has 0 aromatic rings. The molecular formula is C46H72N2O6. The summed E-state index contributed by atoms with van der Waals surface area (Å²) in [5.41, 5.74) is 0.731. The van der Waals surface area contributed by atoms with Gasteiger partial charge in [-0.15, -0.1) is 0 Å². The van der Waals surface area contributed by atoms with Crippen LogP contribution in [0, 0.1) is 68.0 Å². The highest BCUT2D eigenvalue weighted by molar-refractivity contribution is 5.86. The van der Waals surface area contributed by atoms with Crippen molar-refractivity contribution in [1.29, 1.82) is 0 Å². The highest BCUT2D eigenvalue weighted by Gasteiger charge is 2.72. The molecule has 0 radical (unpaired) electrons. The molecule has 0 aromatic carbocycles. The first-order chi connectivity index (χ1) is 25.2. The molecule has 1 aliphatic heterocycles. The van der Waals surface area contributed by atoms with Crippen molar-refractivity contribution in [3.63, 3.8) is 0 Å². The van der Waals surface area contributed by atoms with Crippen LogP contribution in [0.2, 0.25) is 0 Å². The van der Waals surface area contributed by atoms with E-state index in [0.29, 0.717) is 29.6 Å². The smallest absolute Gasteiger partial charge is 0.306 e. The first kappa shape index (κ1) is 39.8. The van der Waals surface area contributed by atoms with Crippen molar-refractivity contribution < 1.29 is 29.0 Å². The molecule has 0 aromatic heterocycles. The Balaban J connectivity index is 1.10. The van der Waals surface area contributed by atoms with Crippen LogP contribution in [0.4, 0.5) is 0 Å². The number of likely N-dealkylation sites (tertiary alicyclic amines) is 1. The topological polar surface area (TPSA) is 113 Å². The number of aliphatic carboxylic acids is 1. The van der Waals surface area contributed by atoms with Gasteiger partial charge in [0.1, 0.15) is 6.10 Å². The van der Waals surface area contributed by atoms with E-state index < -0.39 is 11.9 Å². The van der Waals surface area contributed by atoms with Crippen molar-refractivity contribution >= 4 is 23.8 Å². The quantitative estimate of drug-likeness (QED) is 0.189. The molecule has 8 nitrogen and oxygen atoms in total. The Labute approximate surface area is 325 Å². The maximum Gasteiger partial charge on any atom is 0.306 e. The fourth-order valence-electron chi connectivity index (χ4n) is 15.4. The lowest BCUT2D eigenvalue weighted by Crippen LogP contribution is -2.68. The van der Waals surface area contributed by atoms with Gasteiger partial charge in [-0.2, -0.15) is 0 Å². The van der Waals surface area contributed by atoms with Crippen LogP contribution in [0.3, 0.4) is 0 Å². The Kier molecular flexibility index (Phi) is 10.1. The number of hydrogen-bond acceptors (Lipinski definition) is 5. The maximum absolute atomic E-state index is 15.0. The number of rotatable bonds is 8. The zero-order valence-electron chi connectivity index (χ0n) is 35.0. The molecule has 7 aliphatic rings. The average molecular weight is 749 g/mol. The van der Waals surface area contributed by atoms with Gasteiger partial charge in [0, 0.05) is 30.5 Å². The lowest BCUT2D eigenvalue weighted by atomic mass is 9.32. The highest BCUT2D eigenvalue weighted by Crippen LogP contribution is 2.77. The number of nitrogens with one attached hydrogen (secondary N) is 1. The Morgan fingerprint density at radius 1 is 0.778 bits per heavy atom. The third-order valence-electron chi connectivity index (χ3n) is 18.8. The first-order valence-electron chi connectivity index (χ1n) is 21.9. The van der Waals surface area contributed by atoms with Crippen LogP contribution < -0.4 is 5.32 Å². The minimum absolute atomic E-state index is 0.0219. The Morgan fingerprint density at radius 2 is 1.48 bits per heavy atom. The van der Waals surface area contributed by atoms with E-state index in [2.05, 4.69) is 72.2 Å². The summed E-state index contributed by atoms with van der Waals surface area (Å²) in [4.78, 5) is 54.5. The van der Waals surface area contributed by atoms with Gasteiger partial charge in [-0.05, 0) is 148 Å². The molecule has 1 heterocycles. The molecule has 0 spiro atoms. The molecule has 0 bridgehead atoms. The van der Waals surface area contributed by atoms with E-state index in [0.717, 1.165) is 96.6 Å². The van der Waals surface area contributed by atoms with Crippen molar-refractivity contribution in [3.8, 4) is 0 Å². The largest absolute Gasteiger partial charge is 0.481 e. The van der Waals surface area contributed by atoms with Gasteiger partial charge in [-0.25, -0.2) is 0 Å². The third kappa shape index (κ3) is 5.85. The fourth-order valence-corrected chi connectivity index (χ4v) is 15.4. The van der Waals surface area contributed by atoms with E-state index in [-0.39, 0.29) is 75.2 Å². The molecular weight excluding hydrogens is 677 g/mol. The molecule has 6 aliphatic carbocycles. The van der Waals surface area contributed by atoms with Crippen LogP contribution >= 0.6 is 0 Å². The highest BCUT2D eigenvalue weighted by atomic mass is 16.5. The molecule has 2 amide bonds. The van der Waals surface area contributed by atoms with Crippen LogP contribution in [-0.4, -0.2) is 59.0 Å². The van der Waals surface area contributed by atoms with E-state index in [1.165, 1.54) is 12.0 Å². The van der Waals surface area contributed by atoms with Crippen molar-refractivity contribution in [1.82, 2.24) is 10.2 Å². The molecule has 8 heteroatoms. The lowest BCUT2D eigenvalue weighted by Gasteiger charge is -2.73. The molecule has 7 fully saturated rings. The molecule has 2 N–H and O–H groups in total. The number of allylic oxidation sites excluding steroid dienone is 1. The molecule has 54 heavy (non-hydrogen) atoms. The Morgan fingerprint density at radius 3 is 2.13 bits per heavy atom. The van der Waals surface area contributed by atoms with Crippen LogP contribution in [0.5, 0.6) is 0 Å². The summed E-state index contributed by atoms with van der Waals surface area (Å²) in [7, 11) is 0. The zero-order chi connectivity index (χ0) is 39.2. The molecule has 1 saturated heterocycles. The summed E-state index contributed by atoms with van der Waals surface area (Å²) in [5.74, 6) is 1.19. The monoisotopic (exact) mass is 749 g/mol. The Bertz CT molecular complexity index is 1550. The van der Waals surface area contributed by atoms with Gasteiger partial charge in [-0.3, -0.25) is 19.2 Å². The first-order valence-corrected chi connectivity index (χ1v) is 21.9. The molecule has 302 valence electrons. The third-order valence-corrected chi connectivity index (χ3v) is 18.8. The number of carbonyl (C=O) groups is 4. The van der Waals surface area contributed by atoms with Gasteiger partial charge < -0.3 is 20.1 Å². The number of esters is 1.